The van der Waals surface area contributed by atoms with E-state index in [4.69, 9.17) is 11.6 Å². The first-order valence-electron chi connectivity index (χ1n) is 8.26. The summed E-state index contributed by atoms with van der Waals surface area (Å²) in [5.74, 6) is -0.154. The van der Waals surface area contributed by atoms with Gasteiger partial charge in [-0.1, -0.05) is 47.6 Å². The molecule has 6 nitrogen and oxygen atoms in total. The van der Waals surface area contributed by atoms with Gasteiger partial charge in [0.15, 0.2) is 0 Å². The Morgan fingerprint density at radius 2 is 2.04 bits per heavy atom. The van der Waals surface area contributed by atoms with Crippen molar-refractivity contribution < 1.29 is 9.48 Å². The summed E-state index contributed by atoms with van der Waals surface area (Å²) in [5.41, 5.74) is 2.25. The molecule has 136 valence electrons. The first-order valence-corrected chi connectivity index (χ1v) is 9.86. The number of anilines is 1. The lowest BCUT2D eigenvalue weighted by atomic mass is 10.0. The zero-order chi connectivity index (χ0) is 19.1. The van der Waals surface area contributed by atoms with Crippen molar-refractivity contribution in [1.29, 1.82) is 0 Å². The molecule has 1 amide bonds. The molecule has 3 aromatic rings. The minimum atomic E-state index is -0.612. The Morgan fingerprint density at radius 3 is 2.74 bits per heavy atom. The van der Waals surface area contributed by atoms with E-state index in [2.05, 4.69) is 10.1 Å². The molecule has 1 aromatic heterocycles. The summed E-state index contributed by atoms with van der Waals surface area (Å²) in [5, 5.41) is 5.62. The van der Waals surface area contributed by atoms with Crippen LogP contribution in [-0.2, 0) is 4.79 Å². The fourth-order valence-electron chi connectivity index (χ4n) is 3.37. The summed E-state index contributed by atoms with van der Waals surface area (Å²) in [6, 6.07) is 14.6. The number of benzene rings is 2. The summed E-state index contributed by atoms with van der Waals surface area (Å²) >= 11 is 7.53. The van der Waals surface area contributed by atoms with Crippen molar-refractivity contribution in [3.63, 3.8) is 0 Å². The van der Waals surface area contributed by atoms with E-state index in [1.165, 1.54) is 18.7 Å². The van der Waals surface area contributed by atoms with Gasteiger partial charge in [0.25, 0.3) is 6.17 Å². The van der Waals surface area contributed by atoms with Gasteiger partial charge in [-0.05, 0) is 35.2 Å². The maximum atomic E-state index is 12.9. The molecule has 0 fully saturated rings. The van der Waals surface area contributed by atoms with Gasteiger partial charge in [0.1, 0.15) is 0 Å². The highest BCUT2D eigenvalue weighted by atomic mass is 35.5. The van der Waals surface area contributed by atoms with Crippen molar-refractivity contribution in [1.82, 2.24) is 10.1 Å². The highest BCUT2D eigenvalue weighted by Gasteiger charge is 2.44. The number of nitrogens with one attached hydrogen (secondary N) is 1. The fraction of sp³-hybridized carbons (Fsp3) is 0.158. The molecule has 0 saturated carbocycles. The van der Waals surface area contributed by atoms with E-state index in [0.717, 1.165) is 5.56 Å². The van der Waals surface area contributed by atoms with Crippen molar-refractivity contribution in [2.75, 3.05) is 11.2 Å². The molecule has 0 aliphatic carbocycles. The van der Waals surface area contributed by atoms with E-state index in [0.29, 0.717) is 27.1 Å². The van der Waals surface area contributed by atoms with Crippen LogP contribution >= 0.6 is 23.4 Å². The number of amides is 1. The number of para-hydroxylation sites is 1. The van der Waals surface area contributed by atoms with E-state index >= 15 is 0 Å². The van der Waals surface area contributed by atoms with E-state index in [9.17, 15) is 9.59 Å². The summed E-state index contributed by atoms with van der Waals surface area (Å²) in [7, 11) is 0. The third-order valence-corrected chi connectivity index (χ3v) is 5.24. The Bertz CT molecular complexity index is 1110. The van der Waals surface area contributed by atoms with Crippen LogP contribution in [0.1, 0.15) is 18.7 Å². The van der Waals surface area contributed by atoms with Gasteiger partial charge < -0.3 is 0 Å². The third kappa shape index (κ3) is 2.93. The standard InChI is InChI=1S/C19H15ClN4O2S/c1-11(25)23-15-9-4-3-8-14(15)16-17(26)21-19(27-2)22-24(16)18(23)12-6-5-7-13(20)10-12/h3-10,18H,1-2H3/p+1/t18-/m0/s1. The number of aromatic nitrogens is 3. The minimum Gasteiger partial charge on any atom is -0.291 e. The van der Waals surface area contributed by atoms with Gasteiger partial charge in [-0.15, -0.1) is 0 Å². The van der Waals surface area contributed by atoms with E-state index < -0.39 is 6.17 Å². The number of thioether (sulfide) groups is 1. The van der Waals surface area contributed by atoms with Crippen LogP contribution in [0.3, 0.4) is 0 Å². The molecular weight excluding hydrogens is 384 g/mol. The lowest BCUT2D eigenvalue weighted by Crippen LogP contribution is -2.60. The molecule has 0 bridgehead atoms. The second-order valence-electron chi connectivity index (χ2n) is 6.09. The molecule has 1 N–H and O–H groups in total. The molecule has 8 heteroatoms. The Morgan fingerprint density at radius 1 is 1.26 bits per heavy atom. The molecule has 27 heavy (non-hydrogen) atoms. The molecule has 0 radical (unpaired) electrons. The average molecular weight is 400 g/mol. The number of hydrogen-bond acceptors (Lipinski definition) is 4. The number of fused-ring (bicyclic) bond motifs is 3. The third-order valence-electron chi connectivity index (χ3n) is 4.44. The Hall–Kier alpha value is -2.64. The molecule has 0 unspecified atom stereocenters. The Kier molecular flexibility index (Phi) is 4.49. The first-order chi connectivity index (χ1) is 13.0. The van der Waals surface area contributed by atoms with Crippen molar-refractivity contribution in [2.45, 2.75) is 18.2 Å². The summed E-state index contributed by atoms with van der Waals surface area (Å²) in [4.78, 5) is 30.0. The van der Waals surface area contributed by atoms with Crippen LogP contribution in [0.5, 0.6) is 0 Å². The smallest absolute Gasteiger partial charge is 0.291 e. The molecular formula is C19H16ClN4O2S+. The number of halogens is 1. The van der Waals surface area contributed by atoms with E-state index in [1.54, 1.807) is 21.7 Å². The molecule has 1 atom stereocenters. The van der Waals surface area contributed by atoms with Crippen LogP contribution in [0.15, 0.2) is 58.5 Å². The number of carbonyl (C=O) groups is 1. The number of hydrogen-bond donors (Lipinski definition) is 1. The number of nitrogens with zero attached hydrogens (tertiary/aromatic N) is 3. The maximum Gasteiger partial charge on any atom is 0.325 e. The molecule has 4 rings (SSSR count). The lowest BCUT2D eigenvalue weighted by Gasteiger charge is -2.31. The average Bonchev–Trinajstić information content (AvgIpc) is 2.66. The van der Waals surface area contributed by atoms with E-state index in [1.807, 2.05) is 42.7 Å². The first kappa shape index (κ1) is 17.8. The Balaban J connectivity index is 2.10. The van der Waals surface area contributed by atoms with E-state index in [-0.39, 0.29) is 11.5 Å². The number of H-pyrrole nitrogens is 1. The second-order valence-corrected chi connectivity index (χ2v) is 7.32. The van der Waals surface area contributed by atoms with Gasteiger partial charge in [-0.3, -0.25) is 14.6 Å². The maximum absolute atomic E-state index is 12.9. The van der Waals surface area contributed by atoms with Crippen molar-refractivity contribution >= 4 is 35.0 Å². The van der Waals surface area contributed by atoms with Gasteiger partial charge in [0.05, 0.1) is 11.3 Å². The van der Waals surface area contributed by atoms with Crippen molar-refractivity contribution in [3.8, 4) is 11.3 Å². The van der Waals surface area contributed by atoms with Crippen LogP contribution in [0.4, 0.5) is 5.69 Å². The SMILES string of the molecule is CSc1n[n+]2c(c(=O)[nH]1)-c1ccccc1N(C(C)=O)[C@@H]2c1cccc(Cl)c1. The summed E-state index contributed by atoms with van der Waals surface area (Å²) in [6.07, 6.45) is 1.22. The Labute approximate surface area is 164 Å². The highest BCUT2D eigenvalue weighted by Crippen LogP contribution is 2.37. The topological polar surface area (TPSA) is 69.9 Å². The number of aromatic amines is 1. The predicted octanol–water partition coefficient (Wildman–Crippen LogP) is 3.01. The molecule has 0 spiro atoms. The van der Waals surface area contributed by atoms with Crippen LogP contribution < -0.4 is 15.1 Å². The van der Waals surface area contributed by atoms with Crippen LogP contribution in [-0.4, -0.2) is 22.2 Å². The quantitative estimate of drug-likeness (QED) is 0.531. The van der Waals surface area contributed by atoms with Crippen LogP contribution in [0.2, 0.25) is 5.02 Å². The van der Waals surface area contributed by atoms with Crippen LogP contribution in [0, 0.1) is 0 Å². The predicted molar refractivity (Wildman–Crippen MR) is 105 cm³/mol. The zero-order valence-corrected chi connectivity index (χ0v) is 16.2. The minimum absolute atomic E-state index is 0.154. The lowest BCUT2D eigenvalue weighted by molar-refractivity contribution is -0.763. The van der Waals surface area contributed by atoms with Gasteiger partial charge in [0, 0.05) is 22.6 Å². The molecule has 2 heterocycles. The second kappa shape index (κ2) is 6.83. The number of carbonyl (C=O) groups excluding carboxylic acids is 1. The highest BCUT2D eigenvalue weighted by molar-refractivity contribution is 7.98. The fourth-order valence-corrected chi connectivity index (χ4v) is 3.94. The van der Waals surface area contributed by atoms with Crippen LogP contribution in [0.25, 0.3) is 11.3 Å². The van der Waals surface area contributed by atoms with Crippen molar-refractivity contribution in [3.05, 3.63) is 69.5 Å². The summed E-state index contributed by atoms with van der Waals surface area (Å²) in [6.45, 7) is 1.50. The molecule has 0 saturated heterocycles. The normalized spacial score (nSPS) is 15.2. The zero-order valence-electron chi connectivity index (χ0n) is 14.6. The number of rotatable bonds is 2. The van der Waals surface area contributed by atoms with Gasteiger partial charge in [-0.25, -0.2) is 4.90 Å². The molecule has 1 aliphatic rings. The van der Waals surface area contributed by atoms with Gasteiger partial charge >= 0.3 is 11.3 Å². The molecule has 1 aliphatic heterocycles. The monoisotopic (exact) mass is 399 g/mol. The summed E-state index contributed by atoms with van der Waals surface area (Å²) < 4.78 is 1.61. The van der Waals surface area contributed by atoms with Gasteiger partial charge in [0.2, 0.25) is 11.1 Å². The largest absolute Gasteiger partial charge is 0.325 e. The van der Waals surface area contributed by atoms with Gasteiger partial charge in [-0.2, -0.15) is 0 Å². The molecule has 2 aromatic carbocycles. The van der Waals surface area contributed by atoms with Crippen molar-refractivity contribution in [2.24, 2.45) is 0 Å².